The van der Waals surface area contributed by atoms with E-state index in [2.05, 4.69) is 19.9 Å². The average molecular weight is 243 g/mol. The van der Waals surface area contributed by atoms with Crippen LogP contribution < -0.4 is 5.73 Å². The van der Waals surface area contributed by atoms with Gasteiger partial charge in [-0.1, -0.05) is 0 Å². The van der Waals surface area contributed by atoms with Crippen molar-refractivity contribution in [3.05, 3.63) is 29.8 Å². The van der Waals surface area contributed by atoms with Crippen LogP contribution in [0, 0.1) is 0 Å². The molecule has 0 amide bonds. The van der Waals surface area contributed by atoms with E-state index in [1.54, 1.807) is 0 Å². The number of nitrogens with one attached hydrogen (secondary N) is 1. The Morgan fingerprint density at radius 3 is 2.59 bits per heavy atom. The monoisotopic (exact) mass is 243 g/mol. The molecular weight excluding hydrogens is 235 g/mol. The van der Waals surface area contributed by atoms with Crippen LogP contribution in [0.2, 0.25) is 0 Å². The molecular formula is C9H8F3N5. The van der Waals surface area contributed by atoms with Crippen LogP contribution in [-0.2, 0) is 12.7 Å². The van der Waals surface area contributed by atoms with Gasteiger partial charge in [-0.2, -0.15) is 13.2 Å². The molecule has 0 fully saturated rings. The fourth-order valence-corrected chi connectivity index (χ4v) is 1.30. The van der Waals surface area contributed by atoms with Gasteiger partial charge < -0.3 is 10.7 Å². The maximum Gasteiger partial charge on any atom is 0.433 e. The lowest BCUT2D eigenvalue weighted by Crippen LogP contribution is -2.16. The number of rotatable bonds is 2. The highest BCUT2D eigenvalue weighted by atomic mass is 19.4. The summed E-state index contributed by atoms with van der Waals surface area (Å²) in [6.45, 7) is -0.271. The number of hydrogen-bond donors (Lipinski definition) is 2. The summed E-state index contributed by atoms with van der Waals surface area (Å²) < 4.78 is 38.0. The number of alkyl halides is 3. The highest BCUT2D eigenvalue weighted by molar-refractivity contribution is 5.43. The second kappa shape index (κ2) is 4.13. The lowest BCUT2D eigenvalue weighted by molar-refractivity contribution is -0.141. The third kappa shape index (κ3) is 2.26. The van der Waals surface area contributed by atoms with Crippen LogP contribution in [0.3, 0.4) is 0 Å². The minimum absolute atomic E-state index is 0.112. The van der Waals surface area contributed by atoms with Crippen molar-refractivity contribution in [2.24, 2.45) is 5.73 Å². The molecule has 0 saturated heterocycles. The lowest BCUT2D eigenvalue weighted by Gasteiger charge is -2.10. The van der Waals surface area contributed by atoms with Crippen molar-refractivity contribution in [2.75, 3.05) is 0 Å². The van der Waals surface area contributed by atoms with Crippen LogP contribution in [0.25, 0.3) is 11.6 Å². The van der Waals surface area contributed by atoms with Gasteiger partial charge >= 0.3 is 6.18 Å². The molecule has 0 aromatic carbocycles. The van der Waals surface area contributed by atoms with Gasteiger partial charge in [0.15, 0.2) is 17.3 Å². The summed E-state index contributed by atoms with van der Waals surface area (Å²) in [4.78, 5) is 13.6. The Hall–Kier alpha value is -1.96. The standard InChI is InChI=1S/C9H8F3N5/c10-9(11,12)6-5(3-13)4-16-8(17-6)7-14-1-2-15-7/h1-2,4H,3,13H2,(H,14,15). The number of aromatic nitrogens is 4. The maximum absolute atomic E-state index is 12.7. The summed E-state index contributed by atoms with van der Waals surface area (Å²) in [7, 11) is 0. The van der Waals surface area contributed by atoms with E-state index in [0.29, 0.717) is 0 Å². The summed E-state index contributed by atoms with van der Waals surface area (Å²) in [5.41, 5.74) is 4.04. The van der Waals surface area contributed by atoms with E-state index >= 15 is 0 Å². The zero-order valence-corrected chi connectivity index (χ0v) is 8.49. The molecule has 0 aliphatic rings. The molecule has 0 aliphatic heterocycles. The van der Waals surface area contributed by atoms with Gasteiger partial charge in [-0.05, 0) is 0 Å². The quantitative estimate of drug-likeness (QED) is 0.834. The number of imidazole rings is 1. The largest absolute Gasteiger partial charge is 0.433 e. The first kappa shape index (κ1) is 11.5. The Kier molecular flexibility index (Phi) is 2.80. The molecule has 5 nitrogen and oxygen atoms in total. The molecule has 2 rings (SSSR count). The molecule has 2 aromatic heterocycles. The molecule has 3 N–H and O–H groups in total. The van der Waals surface area contributed by atoms with E-state index < -0.39 is 11.9 Å². The van der Waals surface area contributed by atoms with Gasteiger partial charge in [0, 0.05) is 30.7 Å². The molecule has 2 heterocycles. The first-order valence-corrected chi connectivity index (χ1v) is 4.65. The van der Waals surface area contributed by atoms with Crippen LogP contribution in [0.1, 0.15) is 11.3 Å². The van der Waals surface area contributed by atoms with E-state index in [0.717, 1.165) is 6.20 Å². The molecule has 17 heavy (non-hydrogen) atoms. The van der Waals surface area contributed by atoms with Crippen molar-refractivity contribution in [1.82, 2.24) is 19.9 Å². The molecule has 2 aromatic rings. The smallest absolute Gasteiger partial charge is 0.342 e. The van der Waals surface area contributed by atoms with Crippen molar-refractivity contribution >= 4 is 0 Å². The van der Waals surface area contributed by atoms with E-state index in [1.165, 1.54) is 12.4 Å². The highest BCUT2D eigenvalue weighted by Crippen LogP contribution is 2.30. The number of H-pyrrole nitrogens is 1. The van der Waals surface area contributed by atoms with E-state index in [9.17, 15) is 13.2 Å². The lowest BCUT2D eigenvalue weighted by atomic mass is 10.2. The zero-order valence-electron chi connectivity index (χ0n) is 8.49. The number of halogens is 3. The number of nitrogens with zero attached hydrogens (tertiary/aromatic N) is 3. The second-order valence-corrected chi connectivity index (χ2v) is 3.21. The minimum Gasteiger partial charge on any atom is -0.342 e. The van der Waals surface area contributed by atoms with Crippen LogP contribution in [0.4, 0.5) is 13.2 Å². The maximum atomic E-state index is 12.7. The fourth-order valence-electron chi connectivity index (χ4n) is 1.30. The first-order valence-electron chi connectivity index (χ1n) is 4.65. The van der Waals surface area contributed by atoms with Crippen molar-refractivity contribution in [3.8, 4) is 11.6 Å². The van der Waals surface area contributed by atoms with E-state index in [1.807, 2.05) is 0 Å². The molecule has 90 valence electrons. The van der Waals surface area contributed by atoms with Gasteiger partial charge in [-0.15, -0.1) is 0 Å². The van der Waals surface area contributed by atoms with Crippen molar-refractivity contribution in [3.63, 3.8) is 0 Å². The molecule has 0 saturated carbocycles. The van der Waals surface area contributed by atoms with Crippen LogP contribution in [-0.4, -0.2) is 19.9 Å². The van der Waals surface area contributed by atoms with Gasteiger partial charge in [-0.3, -0.25) is 0 Å². The van der Waals surface area contributed by atoms with Crippen molar-refractivity contribution in [1.29, 1.82) is 0 Å². The SMILES string of the molecule is NCc1cnc(-c2ncc[nH]2)nc1C(F)(F)F. The van der Waals surface area contributed by atoms with Gasteiger partial charge in [0.1, 0.15) is 0 Å². The minimum atomic E-state index is -4.56. The van der Waals surface area contributed by atoms with Gasteiger partial charge in [0.25, 0.3) is 0 Å². The Morgan fingerprint density at radius 2 is 2.06 bits per heavy atom. The molecule has 0 atom stereocenters. The molecule has 8 heteroatoms. The van der Waals surface area contributed by atoms with Crippen LogP contribution in [0.5, 0.6) is 0 Å². The van der Waals surface area contributed by atoms with E-state index in [4.69, 9.17) is 5.73 Å². The van der Waals surface area contributed by atoms with Crippen molar-refractivity contribution in [2.45, 2.75) is 12.7 Å². The topological polar surface area (TPSA) is 80.5 Å². The Balaban J connectivity index is 2.53. The van der Waals surface area contributed by atoms with Gasteiger partial charge in [-0.25, -0.2) is 15.0 Å². The molecule has 0 aliphatic carbocycles. The summed E-state index contributed by atoms with van der Waals surface area (Å²) in [5, 5.41) is 0. The molecule has 0 spiro atoms. The molecule has 0 bridgehead atoms. The average Bonchev–Trinajstić information content (AvgIpc) is 2.80. The summed E-state index contributed by atoms with van der Waals surface area (Å²) >= 11 is 0. The molecule has 0 radical (unpaired) electrons. The summed E-state index contributed by atoms with van der Waals surface area (Å²) in [6.07, 6.45) is -0.613. The third-order valence-corrected chi connectivity index (χ3v) is 2.06. The van der Waals surface area contributed by atoms with Crippen molar-refractivity contribution < 1.29 is 13.2 Å². The summed E-state index contributed by atoms with van der Waals surface area (Å²) in [5.74, 6) is 0.0681. The predicted molar refractivity (Wildman–Crippen MR) is 52.5 cm³/mol. The Bertz CT molecular complexity index is 506. The predicted octanol–water partition coefficient (Wildman–Crippen LogP) is 1.34. The van der Waals surface area contributed by atoms with Crippen LogP contribution >= 0.6 is 0 Å². The Morgan fingerprint density at radius 1 is 1.29 bits per heavy atom. The third-order valence-electron chi connectivity index (χ3n) is 2.06. The first-order chi connectivity index (χ1) is 8.02. The molecule has 0 unspecified atom stereocenters. The summed E-state index contributed by atoms with van der Waals surface area (Å²) in [6, 6.07) is 0. The zero-order chi connectivity index (χ0) is 12.5. The van der Waals surface area contributed by atoms with Gasteiger partial charge in [0.2, 0.25) is 0 Å². The number of aromatic amines is 1. The normalized spacial score (nSPS) is 11.8. The highest BCUT2D eigenvalue weighted by Gasteiger charge is 2.35. The van der Waals surface area contributed by atoms with E-state index in [-0.39, 0.29) is 23.8 Å². The van der Waals surface area contributed by atoms with Gasteiger partial charge in [0.05, 0.1) is 0 Å². The fraction of sp³-hybridized carbons (Fsp3) is 0.222. The number of hydrogen-bond acceptors (Lipinski definition) is 4. The van der Waals surface area contributed by atoms with Crippen LogP contribution in [0.15, 0.2) is 18.6 Å². The number of nitrogens with two attached hydrogens (primary N) is 1. The Labute approximate surface area is 93.9 Å². The second-order valence-electron chi connectivity index (χ2n) is 3.21.